The van der Waals surface area contributed by atoms with E-state index < -0.39 is 33.7 Å². The lowest BCUT2D eigenvalue weighted by Crippen LogP contribution is -2.62. The Hall–Kier alpha value is -2.95. The first-order chi connectivity index (χ1) is 19.3. The summed E-state index contributed by atoms with van der Waals surface area (Å²) in [6.07, 6.45) is 1.87. The van der Waals surface area contributed by atoms with Crippen molar-refractivity contribution in [2.45, 2.75) is 69.0 Å². The van der Waals surface area contributed by atoms with Crippen molar-refractivity contribution in [1.82, 2.24) is 5.32 Å². The summed E-state index contributed by atoms with van der Waals surface area (Å²) >= 11 is 1.42. The highest BCUT2D eigenvalue weighted by molar-refractivity contribution is 7.92. The summed E-state index contributed by atoms with van der Waals surface area (Å²) in [5.41, 5.74) is 3.67. The van der Waals surface area contributed by atoms with Gasteiger partial charge in [0.1, 0.15) is 4.75 Å². The number of urea groups is 1. The number of carboxylic acids is 1. The van der Waals surface area contributed by atoms with Gasteiger partial charge in [0.25, 0.3) is 0 Å². The van der Waals surface area contributed by atoms with Gasteiger partial charge in [-0.15, -0.1) is 11.3 Å². The van der Waals surface area contributed by atoms with Crippen LogP contribution in [0.4, 0.5) is 10.5 Å². The molecule has 41 heavy (non-hydrogen) atoms. The monoisotopic (exact) mass is 612 g/mol. The predicted molar refractivity (Wildman–Crippen MR) is 171 cm³/mol. The quantitative estimate of drug-likeness (QED) is 0.216. The van der Waals surface area contributed by atoms with Crippen LogP contribution in [0, 0.1) is 0 Å². The van der Waals surface area contributed by atoms with Gasteiger partial charge < -0.3 is 15.7 Å². The van der Waals surface area contributed by atoms with Crippen LogP contribution in [0.25, 0.3) is 21.6 Å². The van der Waals surface area contributed by atoms with Gasteiger partial charge in [-0.25, -0.2) is 13.2 Å². The molecule has 2 heterocycles. The van der Waals surface area contributed by atoms with Crippen molar-refractivity contribution in [2.24, 2.45) is 0 Å². The number of rotatable bonds is 9. The molecule has 2 atom stereocenters. The van der Waals surface area contributed by atoms with Gasteiger partial charge in [0.05, 0.1) is 18.9 Å². The molecule has 7 nitrogen and oxygen atoms in total. The van der Waals surface area contributed by atoms with Crippen LogP contribution in [-0.4, -0.2) is 45.9 Å². The van der Waals surface area contributed by atoms with E-state index in [4.69, 9.17) is 0 Å². The number of anilines is 1. The van der Waals surface area contributed by atoms with Gasteiger partial charge in [-0.05, 0) is 67.1 Å². The first-order valence-electron chi connectivity index (χ1n) is 14.1. The third-order valence-corrected chi connectivity index (χ3v) is 16.4. The molecule has 0 saturated carbocycles. The van der Waals surface area contributed by atoms with E-state index in [-0.39, 0.29) is 18.2 Å². The summed E-state index contributed by atoms with van der Waals surface area (Å²) in [5.74, 6) is -0.970. The fourth-order valence-electron chi connectivity index (χ4n) is 6.65. The van der Waals surface area contributed by atoms with Crippen molar-refractivity contribution in [1.29, 1.82) is 0 Å². The summed E-state index contributed by atoms with van der Waals surface area (Å²) in [4.78, 5) is 26.5. The molecule has 10 heteroatoms. The second kappa shape index (κ2) is 11.7. The first kappa shape index (κ1) is 31.0. The molecular weight excluding hydrogens is 573 g/mol. The molecule has 0 bridgehead atoms. The highest BCUT2D eigenvalue weighted by Gasteiger charge is 2.69. The maximum atomic E-state index is 14.1. The van der Waals surface area contributed by atoms with Crippen LogP contribution < -0.4 is 10.6 Å². The molecule has 0 aliphatic carbocycles. The minimum absolute atomic E-state index is 0.0199. The van der Waals surface area contributed by atoms with Gasteiger partial charge >= 0.3 is 12.0 Å². The van der Waals surface area contributed by atoms with E-state index in [1.807, 2.05) is 94.2 Å². The first-order valence-corrected chi connectivity index (χ1v) is 20.1. The van der Waals surface area contributed by atoms with Crippen LogP contribution in [0.1, 0.15) is 44.4 Å². The molecular formula is C31H40N2O5S2Si. The molecule has 4 rings (SSSR count). The van der Waals surface area contributed by atoms with E-state index in [0.29, 0.717) is 36.4 Å². The van der Waals surface area contributed by atoms with Gasteiger partial charge in [-0.3, -0.25) is 4.79 Å². The Balaban J connectivity index is 1.70. The molecule has 220 valence electrons. The van der Waals surface area contributed by atoms with Gasteiger partial charge in [0.2, 0.25) is 0 Å². The number of carboxylic acid groups (broad SMARTS) is 1. The summed E-state index contributed by atoms with van der Waals surface area (Å²) < 4.78 is 26.7. The summed E-state index contributed by atoms with van der Waals surface area (Å²) in [5, 5.41) is 14.9. The number of hydrogen-bond acceptors (Lipinski definition) is 5. The molecule has 1 saturated heterocycles. The van der Waals surface area contributed by atoms with E-state index in [1.165, 1.54) is 11.3 Å². The molecule has 1 aliphatic rings. The van der Waals surface area contributed by atoms with Crippen LogP contribution in [-0.2, 0) is 19.4 Å². The van der Waals surface area contributed by atoms with Crippen LogP contribution >= 0.6 is 11.3 Å². The molecule has 3 aromatic rings. The summed E-state index contributed by atoms with van der Waals surface area (Å²) in [6.45, 7) is 10.2. The Morgan fingerprint density at radius 2 is 1.51 bits per heavy atom. The molecule has 1 fully saturated rings. The average Bonchev–Trinajstić information content (AvgIpc) is 3.40. The van der Waals surface area contributed by atoms with Crippen molar-refractivity contribution in [3.05, 3.63) is 65.5 Å². The molecule has 1 aromatic heterocycles. The average molecular weight is 613 g/mol. The highest BCUT2D eigenvalue weighted by Crippen LogP contribution is 2.64. The number of benzene rings is 2. The van der Waals surface area contributed by atoms with Crippen molar-refractivity contribution in [3.63, 3.8) is 0 Å². The number of carbonyl (C=O) groups is 2. The Morgan fingerprint density at radius 3 is 2.02 bits per heavy atom. The number of carbonyl (C=O) groups excluding carboxylic acids is 1. The van der Waals surface area contributed by atoms with Crippen LogP contribution in [0.3, 0.4) is 0 Å². The largest absolute Gasteiger partial charge is 0.481 e. The second-order valence-electron chi connectivity index (χ2n) is 11.7. The Labute approximate surface area is 248 Å². The number of sulfone groups is 1. The normalized spacial score (nSPS) is 20.1. The smallest absolute Gasteiger partial charge is 0.319 e. The van der Waals surface area contributed by atoms with Crippen molar-refractivity contribution >= 4 is 46.9 Å². The van der Waals surface area contributed by atoms with Crippen LogP contribution in [0.15, 0.2) is 60.7 Å². The lowest BCUT2D eigenvalue weighted by atomic mass is 9.82. The number of thiophene rings is 1. The molecule has 0 spiro atoms. The minimum Gasteiger partial charge on any atom is -0.481 e. The SMILES string of the molecule is CCNC(=O)Nc1ccc(-c2ccc(-c3ccc([C@@]4(C(CC)(C(=O)O)[Si](C)(C)C)CCCCS4(=O)=O)s3)cc2)cc1. The van der Waals surface area contributed by atoms with Gasteiger partial charge in [0, 0.05) is 22.0 Å². The molecule has 2 aromatic carbocycles. The lowest BCUT2D eigenvalue weighted by molar-refractivity contribution is -0.142. The second-order valence-corrected chi connectivity index (χ2v) is 20.5. The zero-order chi connectivity index (χ0) is 30.1. The summed E-state index contributed by atoms with van der Waals surface area (Å²) in [6, 6.07) is 19.2. The number of nitrogens with one attached hydrogen (secondary N) is 2. The third kappa shape index (κ3) is 5.37. The third-order valence-electron chi connectivity index (χ3n) is 8.57. The maximum Gasteiger partial charge on any atom is 0.319 e. The van der Waals surface area contributed by atoms with E-state index >= 15 is 0 Å². The fraction of sp³-hybridized carbons (Fsp3) is 0.419. The van der Waals surface area contributed by atoms with Crippen molar-refractivity contribution in [2.75, 3.05) is 17.6 Å². The topological polar surface area (TPSA) is 113 Å². The predicted octanol–water partition coefficient (Wildman–Crippen LogP) is 7.59. The van der Waals surface area contributed by atoms with Crippen molar-refractivity contribution in [3.8, 4) is 21.6 Å². The molecule has 1 unspecified atom stereocenters. The number of amides is 2. The minimum atomic E-state index is -3.73. The molecule has 3 N–H and O–H groups in total. The molecule has 1 aliphatic heterocycles. The van der Waals surface area contributed by atoms with E-state index in [0.717, 1.165) is 21.6 Å². The van der Waals surface area contributed by atoms with Gasteiger partial charge in [-0.2, -0.15) is 0 Å². The van der Waals surface area contributed by atoms with Crippen molar-refractivity contribution < 1.29 is 23.1 Å². The Morgan fingerprint density at radius 1 is 0.927 bits per heavy atom. The lowest BCUT2D eigenvalue weighted by Gasteiger charge is -2.54. The highest BCUT2D eigenvalue weighted by atomic mass is 32.2. The van der Waals surface area contributed by atoms with E-state index in [9.17, 15) is 23.1 Å². The van der Waals surface area contributed by atoms with Gasteiger partial charge in [-0.1, -0.05) is 69.4 Å². The zero-order valence-corrected chi connectivity index (χ0v) is 27.0. The van der Waals surface area contributed by atoms with Crippen LogP contribution in [0.2, 0.25) is 24.7 Å². The molecule has 0 radical (unpaired) electrons. The van der Waals surface area contributed by atoms with Gasteiger partial charge in [0.15, 0.2) is 9.84 Å². The maximum absolute atomic E-state index is 14.1. The van der Waals surface area contributed by atoms with E-state index in [1.54, 1.807) is 0 Å². The molecule has 2 amide bonds. The Bertz CT molecular complexity index is 1510. The fourth-order valence-corrected chi connectivity index (χ4v) is 15.5. The van der Waals surface area contributed by atoms with Crippen LogP contribution in [0.5, 0.6) is 0 Å². The summed E-state index contributed by atoms with van der Waals surface area (Å²) in [7, 11) is -6.29. The Kier molecular flexibility index (Phi) is 8.87. The number of hydrogen-bond donors (Lipinski definition) is 3. The standard InChI is InChI=1S/C31H40N2O5S2Si/c1-6-31(28(34)35,41(3,4)5)30(20-8-9-21-40(30,37)38)27-19-18-26(39-27)24-12-10-22(11-13-24)23-14-16-25(17-15-23)33-29(36)32-7-2/h10-19H,6-9,20-21H2,1-5H3,(H,34,35)(H2,32,33,36)/t30-,31?/m1/s1. The van der Waals surface area contributed by atoms with E-state index in [2.05, 4.69) is 10.6 Å². The zero-order valence-electron chi connectivity index (χ0n) is 24.4. The number of aliphatic carboxylic acids is 1.